The molecule has 0 unspecified atom stereocenters. The number of halogens is 3. The predicted octanol–water partition coefficient (Wildman–Crippen LogP) is 3.58. The fourth-order valence-corrected chi connectivity index (χ4v) is 3.27. The number of carbonyl (C=O) groups excluding carboxylic acids is 1. The maximum absolute atomic E-state index is 13.1. The largest absolute Gasteiger partial charge is 0.416 e. The van der Waals surface area contributed by atoms with Crippen LogP contribution in [0.5, 0.6) is 0 Å². The number of aryl methyl sites for hydroxylation is 1. The third kappa shape index (κ3) is 4.90. The number of rotatable bonds is 6. The third-order valence-electron chi connectivity index (χ3n) is 4.35. The first-order valence-corrected chi connectivity index (χ1v) is 10.1. The van der Waals surface area contributed by atoms with Gasteiger partial charge in [0, 0.05) is 30.1 Å². The van der Waals surface area contributed by atoms with Crippen LogP contribution in [0.4, 0.5) is 18.9 Å². The zero-order valence-corrected chi connectivity index (χ0v) is 16.9. The molecule has 30 heavy (non-hydrogen) atoms. The second-order valence-electron chi connectivity index (χ2n) is 6.37. The van der Waals surface area contributed by atoms with Crippen molar-refractivity contribution < 1.29 is 18.0 Å². The van der Waals surface area contributed by atoms with E-state index in [-0.39, 0.29) is 24.1 Å². The van der Waals surface area contributed by atoms with Crippen LogP contribution in [-0.4, -0.2) is 31.9 Å². The van der Waals surface area contributed by atoms with Gasteiger partial charge in [0.1, 0.15) is 0 Å². The van der Waals surface area contributed by atoms with Crippen molar-refractivity contribution in [1.29, 1.82) is 0 Å². The molecule has 0 aliphatic carbocycles. The molecule has 3 aromatic rings. The smallest absolute Gasteiger partial charge is 0.324 e. The van der Waals surface area contributed by atoms with Crippen LogP contribution in [0.1, 0.15) is 23.2 Å². The summed E-state index contributed by atoms with van der Waals surface area (Å²) in [5.74, 6) is -0.532. The molecular formula is C19H18F3N5O2S. The maximum Gasteiger partial charge on any atom is 0.416 e. The van der Waals surface area contributed by atoms with Crippen molar-refractivity contribution in [2.24, 2.45) is 0 Å². The zero-order valence-electron chi connectivity index (χ0n) is 16.1. The van der Waals surface area contributed by atoms with Gasteiger partial charge in [-0.3, -0.25) is 9.59 Å². The van der Waals surface area contributed by atoms with Crippen LogP contribution >= 0.6 is 11.8 Å². The van der Waals surface area contributed by atoms with Crippen molar-refractivity contribution in [3.8, 4) is 5.69 Å². The first kappa shape index (κ1) is 21.6. The van der Waals surface area contributed by atoms with Crippen molar-refractivity contribution in [2.75, 3.05) is 11.6 Å². The number of aromatic nitrogens is 4. The molecule has 0 aliphatic heterocycles. The number of anilines is 1. The SMILES string of the molecule is CSc1nc(C)c(CCC(=O)Nc2cc(C(F)(F)F)ccc2-n2cccn2)c(=O)[nH]1. The van der Waals surface area contributed by atoms with Gasteiger partial charge in [0.25, 0.3) is 5.56 Å². The van der Waals surface area contributed by atoms with E-state index in [0.29, 0.717) is 22.1 Å². The molecule has 0 saturated carbocycles. The highest BCUT2D eigenvalue weighted by Gasteiger charge is 2.31. The molecule has 0 atom stereocenters. The molecule has 1 aromatic carbocycles. The van der Waals surface area contributed by atoms with Gasteiger partial charge in [-0.15, -0.1) is 0 Å². The molecule has 0 fully saturated rings. The number of nitrogens with zero attached hydrogens (tertiary/aromatic N) is 3. The van der Waals surface area contributed by atoms with Gasteiger partial charge in [-0.05, 0) is 43.9 Å². The van der Waals surface area contributed by atoms with Crippen molar-refractivity contribution >= 4 is 23.4 Å². The normalized spacial score (nSPS) is 11.5. The van der Waals surface area contributed by atoms with E-state index in [9.17, 15) is 22.8 Å². The number of hydrogen-bond donors (Lipinski definition) is 2. The number of alkyl halides is 3. The fourth-order valence-electron chi connectivity index (χ4n) is 2.85. The summed E-state index contributed by atoms with van der Waals surface area (Å²) < 4.78 is 40.7. The lowest BCUT2D eigenvalue weighted by Crippen LogP contribution is -2.21. The Bertz CT molecular complexity index is 1110. The molecule has 0 radical (unpaired) electrons. The van der Waals surface area contributed by atoms with Gasteiger partial charge < -0.3 is 10.3 Å². The summed E-state index contributed by atoms with van der Waals surface area (Å²) in [6, 6.07) is 4.64. The Kier molecular flexibility index (Phi) is 6.30. The highest BCUT2D eigenvalue weighted by atomic mass is 32.2. The molecule has 1 amide bonds. The standard InChI is InChI=1S/C19H18F3N5O2S/c1-11-13(17(29)26-18(24-11)30-2)5-7-16(28)25-14-10-12(19(20,21)22)4-6-15(14)27-9-3-8-23-27/h3-4,6,8-10H,5,7H2,1-2H3,(H,25,28)(H,24,26,29). The van der Waals surface area contributed by atoms with E-state index in [1.54, 1.807) is 25.4 Å². The molecule has 158 valence electrons. The Morgan fingerprint density at radius 3 is 2.70 bits per heavy atom. The molecule has 0 aliphatic rings. The van der Waals surface area contributed by atoms with Gasteiger partial charge in [-0.1, -0.05) is 11.8 Å². The average molecular weight is 437 g/mol. The molecule has 3 rings (SSSR count). The lowest BCUT2D eigenvalue weighted by atomic mass is 10.1. The molecule has 2 heterocycles. The maximum atomic E-state index is 13.1. The second-order valence-corrected chi connectivity index (χ2v) is 7.16. The summed E-state index contributed by atoms with van der Waals surface area (Å²) >= 11 is 1.29. The van der Waals surface area contributed by atoms with E-state index in [4.69, 9.17) is 0 Å². The van der Waals surface area contributed by atoms with Gasteiger partial charge >= 0.3 is 6.18 Å². The van der Waals surface area contributed by atoms with E-state index >= 15 is 0 Å². The number of nitrogens with one attached hydrogen (secondary N) is 2. The van der Waals surface area contributed by atoms with Crippen molar-refractivity contribution in [1.82, 2.24) is 19.7 Å². The highest BCUT2D eigenvalue weighted by molar-refractivity contribution is 7.98. The summed E-state index contributed by atoms with van der Waals surface area (Å²) in [6.07, 6.45) is 0.252. The number of benzene rings is 1. The number of amides is 1. The Labute approximate surface area is 173 Å². The van der Waals surface area contributed by atoms with Crippen LogP contribution in [0.25, 0.3) is 5.69 Å². The van der Waals surface area contributed by atoms with Crippen molar-refractivity contribution in [2.45, 2.75) is 31.1 Å². The van der Waals surface area contributed by atoms with Gasteiger partial charge in [-0.2, -0.15) is 18.3 Å². The van der Waals surface area contributed by atoms with Crippen LogP contribution in [0.15, 0.2) is 46.6 Å². The topological polar surface area (TPSA) is 92.7 Å². The van der Waals surface area contributed by atoms with Crippen LogP contribution in [0, 0.1) is 6.92 Å². The number of H-pyrrole nitrogens is 1. The Balaban J connectivity index is 1.82. The van der Waals surface area contributed by atoms with E-state index in [1.807, 2.05) is 0 Å². The number of hydrogen-bond acceptors (Lipinski definition) is 5. The first-order valence-electron chi connectivity index (χ1n) is 8.84. The summed E-state index contributed by atoms with van der Waals surface area (Å²) in [6.45, 7) is 1.67. The quantitative estimate of drug-likeness (QED) is 0.454. The minimum absolute atomic E-state index is 0.0278. The molecule has 7 nitrogen and oxygen atoms in total. The third-order valence-corrected chi connectivity index (χ3v) is 4.93. The van der Waals surface area contributed by atoms with Gasteiger partial charge in [-0.25, -0.2) is 9.67 Å². The summed E-state index contributed by atoms with van der Waals surface area (Å²) in [5, 5.41) is 6.99. The second kappa shape index (κ2) is 8.74. The summed E-state index contributed by atoms with van der Waals surface area (Å²) in [7, 11) is 0. The summed E-state index contributed by atoms with van der Waals surface area (Å²) in [5.41, 5.74) is -0.0957. The predicted molar refractivity (Wildman–Crippen MR) is 107 cm³/mol. The van der Waals surface area contributed by atoms with Crippen molar-refractivity contribution in [3.63, 3.8) is 0 Å². The average Bonchev–Trinajstić information content (AvgIpc) is 3.21. The van der Waals surface area contributed by atoms with E-state index < -0.39 is 17.6 Å². The van der Waals surface area contributed by atoms with Gasteiger partial charge in [0.05, 0.1) is 16.9 Å². The van der Waals surface area contributed by atoms with Gasteiger partial charge in [0.15, 0.2) is 5.16 Å². The molecule has 11 heteroatoms. The van der Waals surface area contributed by atoms with E-state index in [2.05, 4.69) is 20.4 Å². The first-order chi connectivity index (χ1) is 14.2. The Morgan fingerprint density at radius 2 is 2.10 bits per heavy atom. The van der Waals surface area contributed by atoms with Crippen LogP contribution in [0.2, 0.25) is 0 Å². The lowest BCUT2D eigenvalue weighted by molar-refractivity contribution is -0.137. The molecule has 0 saturated heterocycles. The van der Waals surface area contributed by atoms with Crippen LogP contribution < -0.4 is 10.9 Å². The summed E-state index contributed by atoms with van der Waals surface area (Å²) in [4.78, 5) is 31.5. The monoisotopic (exact) mass is 437 g/mol. The molecule has 0 spiro atoms. The molecule has 0 bridgehead atoms. The van der Waals surface area contributed by atoms with E-state index in [1.165, 1.54) is 28.7 Å². The number of aromatic amines is 1. The molecular weight excluding hydrogens is 419 g/mol. The Hall–Kier alpha value is -3.08. The molecule has 2 aromatic heterocycles. The van der Waals surface area contributed by atoms with Crippen LogP contribution in [-0.2, 0) is 17.4 Å². The Morgan fingerprint density at radius 1 is 1.33 bits per heavy atom. The minimum atomic E-state index is -4.56. The number of thioether (sulfide) groups is 1. The van der Waals surface area contributed by atoms with Crippen LogP contribution in [0.3, 0.4) is 0 Å². The highest BCUT2D eigenvalue weighted by Crippen LogP contribution is 2.33. The van der Waals surface area contributed by atoms with Gasteiger partial charge in [0.2, 0.25) is 5.91 Å². The minimum Gasteiger partial charge on any atom is -0.324 e. The van der Waals surface area contributed by atoms with Crippen molar-refractivity contribution in [3.05, 3.63) is 63.8 Å². The fraction of sp³-hybridized carbons (Fsp3) is 0.263. The van der Waals surface area contributed by atoms with E-state index in [0.717, 1.165) is 12.1 Å². The zero-order chi connectivity index (χ0) is 21.9. The number of carbonyl (C=O) groups is 1. The molecule has 2 N–H and O–H groups in total. The lowest BCUT2D eigenvalue weighted by Gasteiger charge is -2.15.